The molecule has 0 saturated carbocycles. The van der Waals surface area contributed by atoms with Crippen LogP contribution in [0.2, 0.25) is 0 Å². The van der Waals surface area contributed by atoms with Crippen LogP contribution in [0.15, 0.2) is 54.0 Å². The summed E-state index contributed by atoms with van der Waals surface area (Å²) in [7, 11) is 1.90. The minimum atomic E-state index is -0.930. The summed E-state index contributed by atoms with van der Waals surface area (Å²) in [5.74, 6) is 2.74. The van der Waals surface area contributed by atoms with E-state index >= 15 is 0 Å². The van der Waals surface area contributed by atoms with Gasteiger partial charge in [0.1, 0.15) is 12.4 Å². The van der Waals surface area contributed by atoms with Crippen LogP contribution >= 0.6 is 11.3 Å². The highest BCUT2D eigenvalue weighted by molar-refractivity contribution is 7.10. The monoisotopic (exact) mass is 460 g/mol. The van der Waals surface area contributed by atoms with Crippen molar-refractivity contribution in [1.82, 2.24) is 20.1 Å². The van der Waals surface area contributed by atoms with E-state index in [1.165, 1.54) is 11.3 Å². The molecule has 33 heavy (non-hydrogen) atoms. The largest absolute Gasteiger partial charge is 0.447 e. The van der Waals surface area contributed by atoms with Crippen molar-refractivity contribution in [2.45, 2.75) is 6.04 Å². The molecule has 0 bridgehead atoms. The van der Waals surface area contributed by atoms with Crippen molar-refractivity contribution in [3.05, 3.63) is 64.6 Å². The van der Waals surface area contributed by atoms with Gasteiger partial charge in [-0.25, -0.2) is 14.6 Å². The van der Waals surface area contributed by atoms with E-state index in [2.05, 4.69) is 26.6 Å². The Kier molecular flexibility index (Phi) is 6.24. The molecule has 10 heteroatoms. The van der Waals surface area contributed by atoms with E-state index in [1.807, 2.05) is 60.4 Å². The summed E-state index contributed by atoms with van der Waals surface area (Å²) in [6.07, 6.45) is 6.21. The summed E-state index contributed by atoms with van der Waals surface area (Å²) in [5, 5.41) is 12.8. The molecule has 1 unspecified atom stereocenters. The van der Waals surface area contributed by atoms with Crippen molar-refractivity contribution in [2.75, 3.05) is 11.9 Å². The summed E-state index contributed by atoms with van der Waals surface area (Å²) in [6, 6.07) is 12.5. The van der Waals surface area contributed by atoms with Crippen LogP contribution < -0.4 is 16.4 Å². The smallest absolute Gasteiger partial charge is 0.404 e. The molecule has 0 spiro atoms. The average Bonchev–Trinajstić information content (AvgIpc) is 3.43. The number of nitrogens with one attached hydrogen (secondary N) is 2. The highest BCUT2D eigenvalue weighted by Gasteiger charge is 2.18. The predicted octanol–water partition coefficient (Wildman–Crippen LogP) is 3.64. The molecule has 9 nitrogen and oxygen atoms in total. The first-order valence-electron chi connectivity index (χ1n) is 9.87. The molecule has 0 aliphatic rings. The number of carbonyl (C=O) groups is 2. The summed E-state index contributed by atoms with van der Waals surface area (Å²) in [5.41, 5.74) is 8.90. The Labute approximate surface area is 193 Å². The average molecular weight is 461 g/mol. The SMILES string of the molecule is C#Cc1nc(NC(=O)NC(COC(N)=O)c2ccc(-c3cccc4c3cnn4C)cc2)cs1. The Hall–Kier alpha value is -4.36. The number of nitrogens with zero attached hydrogens (tertiary/aromatic N) is 3. The lowest BCUT2D eigenvalue weighted by Gasteiger charge is -2.19. The number of thiazole rings is 1. The molecule has 0 aliphatic heterocycles. The predicted molar refractivity (Wildman–Crippen MR) is 127 cm³/mol. The molecule has 2 aromatic heterocycles. The molecule has 3 amide bonds. The lowest BCUT2D eigenvalue weighted by molar-refractivity contribution is 0.144. The summed E-state index contributed by atoms with van der Waals surface area (Å²) >= 11 is 1.24. The molecular formula is C23H20N6O3S. The molecule has 1 atom stereocenters. The second kappa shape index (κ2) is 9.42. The van der Waals surface area contributed by atoms with Gasteiger partial charge in [0, 0.05) is 17.8 Å². The van der Waals surface area contributed by atoms with Crippen molar-refractivity contribution in [2.24, 2.45) is 12.8 Å². The van der Waals surface area contributed by atoms with Gasteiger partial charge in [0.2, 0.25) is 0 Å². The molecule has 0 saturated heterocycles. The molecule has 0 aliphatic carbocycles. The highest BCUT2D eigenvalue weighted by atomic mass is 32.1. The number of urea groups is 1. The van der Waals surface area contributed by atoms with Crippen molar-refractivity contribution in [3.63, 3.8) is 0 Å². The van der Waals surface area contributed by atoms with Gasteiger partial charge in [-0.2, -0.15) is 5.10 Å². The van der Waals surface area contributed by atoms with Gasteiger partial charge in [0.15, 0.2) is 5.01 Å². The van der Waals surface area contributed by atoms with Gasteiger partial charge in [-0.3, -0.25) is 10.00 Å². The van der Waals surface area contributed by atoms with E-state index < -0.39 is 18.2 Å². The van der Waals surface area contributed by atoms with Gasteiger partial charge in [0.05, 0.1) is 17.8 Å². The first kappa shape index (κ1) is 21.9. The topological polar surface area (TPSA) is 124 Å². The summed E-state index contributed by atoms with van der Waals surface area (Å²) in [6.45, 7) is -0.132. The summed E-state index contributed by atoms with van der Waals surface area (Å²) < 4.78 is 6.77. The fourth-order valence-corrected chi connectivity index (χ4v) is 3.97. The van der Waals surface area contributed by atoms with Crippen LogP contribution in [0, 0.1) is 12.3 Å². The third-order valence-electron chi connectivity index (χ3n) is 4.98. The van der Waals surface area contributed by atoms with E-state index in [-0.39, 0.29) is 6.61 Å². The number of rotatable bonds is 6. The standard InChI is InChI=1S/C23H20N6O3S/c1-3-21-27-20(13-33-21)28-23(31)26-18(12-32-22(24)30)15-9-7-14(8-10-15)16-5-4-6-19-17(16)11-25-29(19)2/h1,4-11,13,18H,12H2,2H3,(H2,24,30)(H2,26,28,31). The van der Waals surface area contributed by atoms with Crippen molar-refractivity contribution in [1.29, 1.82) is 0 Å². The fraction of sp³-hybridized carbons (Fsp3) is 0.130. The van der Waals surface area contributed by atoms with Gasteiger partial charge >= 0.3 is 12.1 Å². The normalized spacial score (nSPS) is 11.5. The number of nitrogens with two attached hydrogens (primary N) is 1. The Morgan fingerprint density at radius 3 is 2.76 bits per heavy atom. The second-order valence-electron chi connectivity index (χ2n) is 7.09. The number of amides is 3. The Morgan fingerprint density at radius 2 is 2.06 bits per heavy atom. The first-order chi connectivity index (χ1) is 15.9. The molecular weight excluding hydrogens is 440 g/mol. The maximum Gasteiger partial charge on any atom is 0.404 e. The zero-order chi connectivity index (χ0) is 23.4. The number of primary amides is 1. The number of hydrogen-bond acceptors (Lipinski definition) is 6. The molecule has 4 aromatic rings. The molecule has 4 N–H and O–H groups in total. The molecule has 0 fully saturated rings. The lowest BCUT2D eigenvalue weighted by Crippen LogP contribution is -2.36. The van der Waals surface area contributed by atoms with E-state index in [0.29, 0.717) is 10.8 Å². The Bertz CT molecular complexity index is 1350. The zero-order valence-electron chi connectivity index (χ0n) is 17.6. The Morgan fingerprint density at radius 1 is 1.27 bits per heavy atom. The maximum atomic E-state index is 12.5. The van der Waals surface area contributed by atoms with Gasteiger partial charge in [-0.05, 0) is 28.7 Å². The molecule has 0 radical (unpaired) electrons. The van der Waals surface area contributed by atoms with Crippen LogP contribution in [0.4, 0.5) is 15.4 Å². The van der Waals surface area contributed by atoms with Crippen molar-refractivity contribution in [3.8, 4) is 23.5 Å². The highest BCUT2D eigenvalue weighted by Crippen LogP contribution is 2.29. The fourth-order valence-electron chi connectivity index (χ4n) is 3.42. The summed E-state index contributed by atoms with van der Waals surface area (Å²) in [4.78, 5) is 27.7. The number of carbonyl (C=O) groups excluding carboxylic acids is 2. The molecule has 4 rings (SSSR count). The first-order valence-corrected chi connectivity index (χ1v) is 10.8. The minimum Gasteiger partial charge on any atom is -0.447 e. The number of anilines is 1. The number of hydrogen-bond donors (Lipinski definition) is 3. The molecule has 2 aromatic carbocycles. The minimum absolute atomic E-state index is 0.132. The number of ether oxygens (including phenoxy) is 1. The van der Waals surface area contributed by atoms with Crippen LogP contribution in [0.3, 0.4) is 0 Å². The van der Waals surface area contributed by atoms with Gasteiger partial charge in [-0.1, -0.05) is 36.4 Å². The van der Waals surface area contributed by atoms with Crippen LogP contribution in [-0.4, -0.2) is 33.5 Å². The number of aryl methyl sites for hydroxylation is 1. The number of aromatic nitrogens is 3. The molecule has 166 valence electrons. The van der Waals surface area contributed by atoms with Crippen LogP contribution in [0.25, 0.3) is 22.0 Å². The van der Waals surface area contributed by atoms with E-state index in [4.69, 9.17) is 16.9 Å². The van der Waals surface area contributed by atoms with Gasteiger partial charge < -0.3 is 15.8 Å². The number of terminal acetylenes is 1. The number of benzene rings is 2. The number of fused-ring (bicyclic) bond motifs is 1. The maximum absolute atomic E-state index is 12.5. The third kappa shape index (κ3) is 4.94. The quantitative estimate of drug-likeness (QED) is 0.379. The van der Waals surface area contributed by atoms with Crippen molar-refractivity contribution >= 4 is 40.2 Å². The van der Waals surface area contributed by atoms with Crippen LogP contribution in [0.1, 0.15) is 16.6 Å². The molecule has 2 heterocycles. The van der Waals surface area contributed by atoms with E-state index in [9.17, 15) is 9.59 Å². The second-order valence-corrected chi connectivity index (χ2v) is 7.95. The van der Waals surface area contributed by atoms with Crippen molar-refractivity contribution < 1.29 is 14.3 Å². The van der Waals surface area contributed by atoms with Crippen LogP contribution in [0.5, 0.6) is 0 Å². The van der Waals surface area contributed by atoms with E-state index in [1.54, 1.807) is 5.38 Å². The van der Waals surface area contributed by atoms with Gasteiger partial charge in [-0.15, -0.1) is 17.8 Å². The third-order valence-corrected chi connectivity index (χ3v) is 5.76. The lowest BCUT2D eigenvalue weighted by atomic mass is 9.99. The van der Waals surface area contributed by atoms with Gasteiger partial charge in [0.25, 0.3) is 0 Å². The van der Waals surface area contributed by atoms with Crippen LogP contribution in [-0.2, 0) is 11.8 Å². The van der Waals surface area contributed by atoms with E-state index in [0.717, 1.165) is 27.6 Å². The Balaban J connectivity index is 1.54. The zero-order valence-corrected chi connectivity index (χ0v) is 18.4.